The third-order valence-electron chi connectivity index (χ3n) is 3.86. The number of nitrogens with zero attached hydrogens (tertiary/aromatic N) is 1. The van der Waals surface area contributed by atoms with Gasteiger partial charge in [0.15, 0.2) is 0 Å². The van der Waals surface area contributed by atoms with Crippen molar-refractivity contribution < 1.29 is 13.2 Å². The molecule has 0 aromatic carbocycles. The van der Waals surface area contributed by atoms with Gasteiger partial charge in [-0.25, -0.2) is 8.42 Å². The van der Waals surface area contributed by atoms with Crippen LogP contribution in [0.3, 0.4) is 0 Å². The summed E-state index contributed by atoms with van der Waals surface area (Å²) in [6.45, 7) is 2.78. The highest BCUT2D eigenvalue weighted by Crippen LogP contribution is 2.48. The molecule has 0 bridgehead atoms. The number of rotatable bonds is 6. The number of hydrogen-bond acceptors (Lipinski definition) is 3. The Kier molecular flexibility index (Phi) is 4.16. The molecule has 20 heavy (non-hydrogen) atoms. The molecule has 0 radical (unpaired) electrons. The predicted molar refractivity (Wildman–Crippen MR) is 77.4 cm³/mol. The second-order valence-corrected chi connectivity index (χ2v) is 8.11. The van der Waals surface area contributed by atoms with E-state index in [1.54, 1.807) is 7.05 Å². The Hall–Kier alpha value is -1.01. The number of aryl methyl sites for hydroxylation is 1. The highest BCUT2D eigenvalue weighted by molar-refractivity contribution is 8.13. The van der Waals surface area contributed by atoms with Crippen LogP contribution >= 0.6 is 10.7 Å². The van der Waals surface area contributed by atoms with E-state index >= 15 is 0 Å². The molecule has 0 spiro atoms. The Morgan fingerprint density at radius 3 is 2.60 bits per heavy atom. The molecule has 0 unspecified atom stereocenters. The normalized spacial score (nSPS) is 16.9. The van der Waals surface area contributed by atoms with Gasteiger partial charge in [-0.3, -0.25) is 4.79 Å². The number of hydrogen-bond donors (Lipinski definition) is 1. The van der Waals surface area contributed by atoms with Crippen molar-refractivity contribution in [2.45, 2.75) is 37.5 Å². The number of amides is 1. The van der Waals surface area contributed by atoms with E-state index in [0.717, 1.165) is 25.7 Å². The molecule has 1 aliphatic carbocycles. The van der Waals surface area contributed by atoms with Crippen molar-refractivity contribution in [2.24, 2.45) is 12.5 Å². The Balaban J connectivity index is 2.05. The van der Waals surface area contributed by atoms with Gasteiger partial charge in [0.2, 0.25) is 0 Å². The molecule has 1 saturated carbocycles. The molecule has 0 saturated heterocycles. The molecule has 1 aromatic heterocycles. The fourth-order valence-electron chi connectivity index (χ4n) is 2.47. The lowest BCUT2D eigenvalue weighted by atomic mass is 10.0. The second-order valence-electron chi connectivity index (χ2n) is 5.54. The first-order valence-electron chi connectivity index (χ1n) is 6.67. The van der Waals surface area contributed by atoms with Crippen molar-refractivity contribution in [3.63, 3.8) is 0 Å². The van der Waals surface area contributed by atoms with Crippen LogP contribution in [0.15, 0.2) is 17.2 Å². The minimum absolute atomic E-state index is 0.0542. The zero-order valence-electron chi connectivity index (χ0n) is 11.6. The average molecular weight is 319 g/mol. The first kappa shape index (κ1) is 15.4. The van der Waals surface area contributed by atoms with Crippen LogP contribution in [0.2, 0.25) is 0 Å². The topological polar surface area (TPSA) is 68.2 Å². The van der Waals surface area contributed by atoms with Gasteiger partial charge >= 0.3 is 0 Å². The number of aromatic nitrogens is 1. The standard InChI is InChI=1S/C13H19ClN2O3S/c1-3-4-13(5-6-13)9-15-12(17)11-7-10(8-16(11)2)20(14,18)19/h7-8H,3-6,9H2,1-2H3,(H,15,17). The summed E-state index contributed by atoms with van der Waals surface area (Å²) in [5.41, 5.74) is 0.563. The zero-order valence-corrected chi connectivity index (χ0v) is 13.2. The minimum atomic E-state index is -3.81. The predicted octanol–water partition coefficient (Wildman–Crippen LogP) is 2.26. The highest BCUT2D eigenvalue weighted by Gasteiger charge is 2.41. The van der Waals surface area contributed by atoms with Crippen molar-refractivity contribution in [3.8, 4) is 0 Å². The van der Waals surface area contributed by atoms with Gasteiger partial charge in [-0.2, -0.15) is 0 Å². The summed E-state index contributed by atoms with van der Waals surface area (Å²) >= 11 is 0. The maximum atomic E-state index is 12.1. The molecule has 5 nitrogen and oxygen atoms in total. The Morgan fingerprint density at radius 2 is 2.15 bits per heavy atom. The molecule has 1 heterocycles. The van der Waals surface area contributed by atoms with Crippen LogP contribution in [-0.4, -0.2) is 25.4 Å². The molecule has 0 aliphatic heterocycles. The molecule has 1 N–H and O–H groups in total. The lowest BCUT2D eigenvalue weighted by Gasteiger charge is -2.14. The van der Waals surface area contributed by atoms with Gasteiger partial charge in [0.25, 0.3) is 15.0 Å². The highest BCUT2D eigenvalue weighted by atomic mass is 35.7. The van der Waals surface area contributed by atoms with Crippen LogP contribution < -0.4 is 5.32 Å². The van der Waals surface area contributed by atoms with E-state index in [-0.39, 0.29) is 16.2 Å². The van der Waals surface area contributed by atoms with Crippen LogP contribution in [0.1, 0.15) is 43.1 Å². The van der Waals surface area contributed by atoms with E-state index in [1.807, 2.05) is 0 Å². The molecule has 1 aromatic rings. The van der Waals surface area contributed by atoms with E-state index in [4.69, 9.17) is 10.7 Å². The Labute approximate surface area is 123 Å². The summed E-state index contributed by atoms with van der Waals surface area (Å²) < 4.78 is 24.0. The van der Waals surface area contributed by atoms with E-state index in [0.29, 0.717) is 12.2 Å². The van der Waals surface area contributed by atoms with E-state index in [1.165, 1.54) is 16.8 Å². The minimum Gasteiger partial charge on any atom is -0.350 e. The van der Waals surface area contributed by atoms with Gasteiger partial charge in [0.05, 0.1) is 0 Å². The lowest BCUT2D eigenvalue weighted by Crippen LogP contribution is -2.31. The van der Waals surface area contributed by atoms with Crippen molar-refractivity contribution in [3.05, 3.63) is 18.0 Å². The summed E-state index contributed by atoms with van der Waals surface area (Å²) in [6.07, 6.45) is 5.86. The van der Waals surface area contributed by atoms with Crippen molar-refractivity contribution in [1.82, 2.24) is 9.88 Å². The third kappa shape index (κ3) is 3.35. The number of carbonyl (C=O) groups is 1. The lowest BCUT2D eigenvalue weighted by molar-refractivity contribution is 0.0935. The van der Waals surface area contributed by atoms with Crippen LogP contribution in [0.25, 0.3) is 0 Å². The number of carbonyl (C=O) groups excluding carboxylic acids is 1. The van der Waals surface area contributed by atoms with E-state index in [9.17, 15) is 13.2 Å². The van der Waals surface area contributed by atoms with Crippen molar-refractivity contribution >= 4 is 25.6 Å². The van der Waals surface area contributed by atoms with Gasteiger partial charge in [-0.15, -0.1) is 0 Å². The summed E-state index contributed by atoms with van der Waals surface area (Å²) in [5.74, 6) is -0.263. The summed E-state index contributed by atoms with van der Waals surface area (Å²) in [6, 6.07) is 1.30. The molecule has 0 atom stereocenters. The van der Waals surface area contributed by atoms with Gasteiger partial charge in [-0.05, 0) is 30.7 Å². The maximum absolute atomic E-state index is 12.1. The summed E-state index contributed by atoms with van der Waals surface area (Å²) in [7, 11) is 3.09. The fraction of sp³-hybridized carbons (Fsp3) is 0.615. The van der Waals surface area contributed by atoms with Crippen LogP contribution in [-0.2, 0) is 16.1 Å². The van der Waals surface area contributed by atoms with Crippen molar-refractivity contribution in [2.75, 3.05) is 6.54 Å². The Morgan fingerprint density at radius 1 is 1.50 bits per heavy atom. The average Bonchev–Trinajstić information content (AvgIpc) is 2.99. The zero-order chi connectivity index (χ0) is 15.0. The number of halogens is 1. The molecule has 1 amide bonds. The smallest absolute Gasteiger partial charge is 0.267 e. The molecule has 2 rings (SSSR count). The molecule has 112 valence electrons. The first-order chi connectivity index (χ1) is 9.27. The van der Waals surface area contributed by atoms with Crippen LogP contribution in [0.4, 0.5) is 0 Å². The van der Waals surface area contributed by atoms with E-state index in [2.05, 4.69) is 12.2 Å². The molecular weight excluding hydrogens is 300 g/mol. The van der Waals surface area contributed by atoms with Crippen LogP contribution in [0.5, 0.6) is 0 Å². The summed E-state index contributed by atoms with van der Waals surface area (Å²) in [4.78, 5) is 12.1. The van der Waals surface area contributed by atoms with Crippen LogP contribution in [0, 0.1) is 5.41 Å². The van der Waals surface area contributed by atoms with Gasteiger partial charge in [-0.1, -0.05) is 13.3 Å². The largest absolute Gasteiger partial charge is 0.350 e. The van der Waals surface area contributed by atoms with Gasteiger partial charge in [0.1, 0.15) is 10.6 Å². The first-order valence-corrected chi connectivity index (χ1v) is 8.98. The SMILES string of the molecule is CCCC1(CNC(=O)c2cc(S(=O)(=O)Cl)cn2C)CC1. The quantitative estimate of drug-likeness (QED) is 0.818. The van der Waals surface area contributed by atoms with Gasteiger partial charge < -0.3 is 9.88 Å². The van der Waals surface area contributed by atoms with Crippen molar-refractivity contribution in [1.29, 1.82) is 0 Å². The summed E-state index contributed by atoms with van der Waals surface area (Å²) in [5, 5.41) is 2.89. The van der Waals surface area contributed by atoms with Gasteiger partial charge in [0, 0.05) is 30.5 Å². The fourth-order valence-corrected chi connectivity index (χ4v) is 3.26. The maximum Gasteiger partial charge on any atom is 0.267 e. The molecule has 7 heteroatoms. The second kappa shape index (κ2) is 5.41. The molecular formula is C13H19ClN2O3S. The Bertz CT molecular complexity index is 618. The monoisotopic (exact) mass is 318 g/mol. The van der Waals surface area contributed by atoms with E-state index < -0.39 is 9.05 Å². The number of nitrogens with one attached hydrogen (secondary N) is 1. The molecule has 1 aliphatic rings. The molecule has 1 fully saturated rings. The third-order valence-corrected chi connectivity index (χ3v) is 5.18.